The van der Waals surface area contributed by atoms with Gasteiger partial charge in [0.25, 0.3) is 0 Å². The average molecular weight is 644 g/mol. The van der Waals surface area contributed by atoms with Crippen LogP contribution in [0.15, 0.2) is 188 Å². The Bertz CT molecular complexity index is 2200. The van der Waals surface area contributed by atoms with Gasteiger partial charge in [0.15, 0.2) is 14.3 Å². The lowest BCUT2D eigenvalue weighted by molar-refractivity contribution is 0.591. The quantitative estimate of drug-likeness (QED) is 0.165. The fourth-order valence-corrected chi connectivity index (χ4v) is 12.0. The molecule has 0 atom stereocenters. The maximum atomic E-state index is 15.4. The number of fused-ring (bicyclic) bond motifs is 3. The Morgan fingerprint density at radius 2 is 0.617 bits per heavy atom. The van der Waals surface area contributed by atoms with E-state index in [0.29, 0.717) is 0 Å². The zero-order valence-electron chi connectivity index (χ0n) is 25.6. The summed E-state index contributed by atoms with van der Waals surface area (Å²) in [6, 6.07) is 61.7. The highest BCUT2D eigenvalue weighted by Gasteiger charge is 2.32. The second-order valence-corrected chi connectivity index (χ2v) is 17.2. The van der Waals surface area contributed by atoms with Crippen molar-refractivity contribution in [3.63, 3.8) is 0 Å². The minimum Gasteiger partial charge on any atom is -0.309 e. The molecule has 0 fully saturated rings. The first-order chi connectivity index (χ1) is 23.1. The van der Waals surface area contributed by atoms with Gasteiger partial charge in [0.05, 0.1) is 11.0 Å². The lowest BCUT2D eigenvalue weighted by Crippen LogP contribution is -2.25. The number of nitrogens with zero attached hydrogens (tertiary/aromatic N) is 1. The van der Waals surface area contributed by atoms with Crippen LogP contribution in [0.25, 0.3) is 27.5 Å². The molecule has 8 aromatic rings. The van der Waals surface area contributed by atoms with E-state index >= 15 is 9.13 Å². The predicted octanol–water partition coefficient (Wildman–Crippen LogP) is 8.06. The van der Waals surface area contributed by atoms with Crippen molar-refractivity contribution >= 4 is 67.9 Å². The van der Waals surface area contributed by atoms with E-state index in [2.05, 4.69) is 41.0 Å². The fraction of sp³-hybridized carbons (Fsp3) is 0. The van der Waals surface area contributed by atoms with Crippen LogP contribution in [0.4, 0.5) is 0 Å². The number of para-hydroxylation sites is 1. The van der Waals surface area contributed by atoms with E-state index < -0.39 is 14.3 Å². The summed E-state index contributed by atoms with van der Waals surface area (Å²) >= 11 is 0. The van der Waals surface area contributed by atoms with Gasteiger partial charge in [-0.15, -0.1) is 0 Å². The van der Waals surface area contributed by atoms with E-state index in [1.54, 1.807) is 0 Å². The van der Waals surface area contributed by atoms with Gasteiger partial charge in [-0.1, -0.05) is 164 Å². The van der Waals surface area contributed by atoms with Crippen molar-refractivity contribution in [1.29, 1.82) is 0 Å². The van der Waals surface area contributed by atoms with Gasteiger partial charge in [-0.05, 0) is 24.3 Å². The van der Waals surface area contributed by atoms with Crippen LogP contribution >= 0.6 is 14.3 Å². The van der Waals surface area contributed by atoms with Crippen LogP contribution in [0.3, 0.4) is 0 Å². The summed E-state index contributed by atoms with van der Waals surface area (Å²) in [6.07, 6.45) is 0. The number of aromatic nitrogens is 1. The lowest BCUT2D eigenvalue weighted by atomic mass is 10.1. The monoisotopic (exact) mass is 643 g/mol. The Morgan fingerprint density at radius 3 is 0.936 bits per heavy atom. The second kappa shape index (κ2) is 11.9. The van der Waals surface area contributed by atoms with Crippen LogP contribution in [0.1, 0.15) is 0 Å². The molecule has 1 aromatic heterocycles. The minimum absolute atomic E-state index is 0.766. The third kappa shape index (κ3) is 4.83. The van der Waals surface area contributed by atoms with Gasteiger partial charge in [0, 0.05) is 48.3 Å². The molecule has 0 unspecified atom stereocenters. The average Bonchev–Trinajstić information content (AvgIpc) is 3.49. The van der Waals surface area contributed by atoms with Gasteiger partial charge >= 0.3 is 0 Å². The topological polar surface area (TPSA) is 39.1 Å². The van der Waals surface area contributed by atoms with Crippen molar-refractivity contribution in [2.45, 2.75) is 0 Å². The Hall–Kier alpha value is -5.20. The molecule has 0 radical (unpaired) electrons. The third-order valence-corrected chi connectivity index (χ3v) is 15.1. The smallest absolute Gasteiger partial charge is 0.171 e. The number of benzene rings is 7. The molecule has 3 nitrogen and oxygen atoms in total. The first kappa shape index (κ1) is 29.2. The van der Waals surface area contributed by atoms with Gasteiger partial charge in [-0.25, -0.2) is 0 Å². The second-order valence-electron chi connectivity index (χ2n) is 11.6. The highest BCUT2D eigenvalue weighted by atomic mass is 31.2. The van der Waals surface area contributed by atoms with Gasteiger partial charge < -0.3 is 13.7 Å². The van der Waals surface area contributed by atoms with Crippen molar-refractivity contribution in [2.24, 2.45) is 0 Å². The van der Waals surface area contributed by atoms with E-state index in [9.17, 15) is 0 Å². The third-order valence-electron chi connectivity index (χ3n) is 8.96. The standard InChI is InChI=1S/C42H31NO2P2/c44-46(33-18-8-2-9-19-33,34-20-10-3-11-21-34)37-26-28-39-40-29-27-38(31-42(40)43(41(39)30-37)32-16-6-1-7-17-32)47(45,35-22-12-4-13-23-35)36-24-14-5-15-25-36/h1-31H. The van der Waals surface area contributed by atoms with E-state index in [0.717, 1.165) is 59.3 Å². The summed E-state index contributed by atoms with van der Waals surface area (Å²) in [7, 11) is -6.42. The molecule has 0 aliphatic carbocycles. The fourth-order valence-electron chi connectivity index (χ4n) is 6.69. The number of hydrogen-bond acceptors (Lipinski definition) is 2. The molecule has 1 heterocycles. The van der Waals surface area contributed by atoms with Gasteiger partial charge in [-0.3, -0.25) is 0 Å². The molecule has 7 aromatic carbocycles. The molecule has 0 spiro atoms. The Morgan fingerprint density at radius 1 is 0.319 bits per heavy atom. The molecule has 226 valence electrons. The van der Waals surface area contributed by atoms with Gasteiger partial charge in [0.1, 0.15) is 0 Å². The van der Waals surface area contributed by atoms with E-state index in [-0.39, 0.29) is 0 Å². The molecule has 0 bridgehead atoms. The van der Waals surface area contributed by atoms with Crippen LogP contribution in [-0.2, 0) is 9.13 Å². The minimum atomic E-state index is -3.21. The van der Waals surface area contributed by atoms with Crippen molar-refractivity contribution < 1.29 is 9.13 Å². The molecule has 0 aliphatic rings. The molecule has 0 amide bonds. The lowest BCUT2D eigenvalue weighted by Gasteiger charge is -2.21. The molecular formula is C42H31NO2P2. The first-order valence-electron chi connectivity index (χ1n) is 15.7. The normalized spacial score (nSPS) is 12.0. The Kier molecular flexibility index (Phi) is 7.38. The zero-order valence-corrected chi connectivity index (χ0v) is 27.3. The molecule has 0 saturated heterocycles. The van der Waals surface area contributed by atoms with Crippen LogP contribution in [0.5, 0.6) is 0 Å². The number of hydrogen-bond donors (Lipinski definition) is 0. The van der Waals surface area contributed by atoms with Crippen molar-refractivity contribution in [2.75, 3.05) is 0 Å². The maximum absolute atomic E-state index is 15.4. The molecule has 8 rings (SSSR count). The maximum Gasteiger partial charge on any atom is 0.171 e. The number of rotatable bonds is 7. The summed E-state index contributed by atoms with van der Waals surface area (Å²) in [5.41, 5.74) is 2.87. The van der Waals surface area contributed by atoms with Crippen molar-refractivity contribution in [3.8, 4) is 5.69 Å². The largest absolute Gasteiger partial charge is 0.309 e. The van der Waals surface area contributed by atoms with Crippen LogP contribution < -0.4 is 31.8 Å². The van der Waals surface area contributed by atoms with E-state index in [1.807, 2.05) is 152 Å². The van der Waals surface area contributed by atoms with E-state index in [4.69, 9.17) is 0 Å². The zero-order chi connectivity index (χ0) is 31.8. The van der Waals surface area contributed by atoms with E-state index in [1.165, 1.54) is 0 Å². The Labute approximate surface area is 274 Å². The molecule has 47 heavy (non-hydrogen) atoms. The predicted molar refractivity (Wildman–Crippen MR) is 200 cm³/mol. The van der Waals surface area contributed by atoms with Gasteiger partial charge in [0.2, 0.25) is 0 Å². The van der Waals surface area contributed by atoms with Crippen LogP contribution in [0, 0.1) is 0 Å². The summed E-state index contributed by atoms with van der Waals surface area (Å²) in [4.78, 5) is 0. The molecule has 5 heteroatoms. The summed E-state index contributed by atoms with van der Waals surface area (Å²) in [5, 5.41) is 6.79. The molecule has 0 N–H and O–H groups in total. The highest BCUT2D eigenvalue weighted by Crippen LogP contribution is 2.46. The highest BCUT2D eigenvalue weighted by molar-refractivity contribution is 7.85. The summed E-state index contributed by atoms with van der Waals surface area (Å²) < 4.78 is 33.0. The van der Waals surface area contributed by atoms with Crippen molar-refractivity contribution in [3.05, 3.63) is 188 Å². The summed E-state index contributed by atoms with van der Waals surface area (Å²) in [6.45, 7) is 0. The molecular weight excluding hydrogens is 612 g/mol. The SMILES string of the molecule is O=P(c1ccccc1)(c1ccccc1)c1ccc2c3ccc(P(=O)(c4ccccc4)c4ccccc4)cc3n(-c3ccccc3)c2c1. The van der Waals surface area contributed by atoms with Gasteiger partial charge in [-0.2, -0.15) is 0 Å². The molecule has 0 aliphatic heterocycles. The van der Waals surface area contributed by atoms with Crippen LogP contribution in [-0.4, -0.2) is 4.57 Å². The Balaban J connectivity index is 1.43. The van der Waals surface area contributed by atoms with Crippen molar-refractivity contribution in [1.82, 2.24) is 4.57 Å². The summed E-state index contributed by atoms with van der Waals surface area (Å²) in [5.74, 6) is 0. The molecule has 0 saturated carbocycles. The van der Waals surface area contributed by atoms with Crippen LogP contribution in [0.2, 0.25) is 0 Å². The first-order valence-corrected chi connectivity index (χ1v) is 19.1.